The van der Waals surface area contributed by atoms with E-state index in [1.165, 1.54) is 30.5 Å². The lowest BCUT2D eigenvalue weighted by Gasteiger charge is -2.13. The second kappa shape index (κ2) is 11.3. The number of hydrogen-bond acceptors (Lipinski definition) is 4. The lowest BCUT2D eigenvalue weighted by molar-refractivity contribution is -0.137. The molecule has 40 heavy (non-hydrogen) atoms. The number of hydrogen-bond donors (Lipinski definition) is 0. The van der Waals surface area contributed by atoms with E-state index < -0.39 is 17.3 Å². The third-order valence-electron chi connectivity index (χ3n) is 5.84. The molecule has 0 saturated heterocycles. The first-order chi connectivity index (χ1) is 19.1. The molecule has 5 nitrogen and oxygen atoms in total. The number of ether oxygens (including phenoxy) is 1. The Hall–Kier alpha value is -3.83. The number of rotatable bonds is 6. The maximum atomic E-state index is 13.4. The van der Waals surface area contributed by atoms with Gasteiger partial charge in [-0.1, -0.05) is 36.4 Å². The van der Waals surface area contributed by atoms with Crippen LogP contribution in [0.15, 0.2) is 104 Å². The van der Waals surface area contributed by atoms with Gasteiger partial charge in [-0.2, -0.15) is 22.9 Å². The van der Waals surface area contributed by atoms with Gasteiger partial charge in [0, 0.05) is 5.56 Å². The van der Waals surface area contributed by atoms with Gasteiger partial charge in [-0.3, -0.25) is 4.79 Å². The van der Waals surface area contributed by atoms with Crippen LogP contribution in [-0.4, -0.2) is 15.9 Å². The van der Waals surface area contributed by atoms with Crippen molar-refractivity contribution in [1.82, 2.24) is 9.66 Å². The SMILES string of the molecule is O=c1c2ccccc2nc(-c2cccc(C(F)(F)F)c2)n1N=Cc1cc(Br)c(OCc2ccc(F)cc2)c(Br)c1. The van der Waals surface area contributed by atoms with Crippen LogP contribution in [0.2, 0.25) is 0 Å². The van der Waals surface area contributed by atoms with Crippen molar-refractivity contribution in [3.8, 4) is 17.1 Å². The minimum absolute atomic E-state index is 0.0385. The molecule has 0 bridgehead atoms. The third-order valence-corrected chi connectivity index (χ3v) is 7.02. The van der Waals surface area contributed by atoms with E-state index in [2.05, 4.69) is 41.9 Å². The summed E-state index contributed by atoms with van der Waals surface area (Å²) in [4.78, 5) is 17.8. The number of alkyl halides is 3. The number of nitrogens with zero attached hydrogens (tertiary/aromatic N) is 3. The molecule has 202 valence electrons. The summed E-state index contributed by atoms with van der Waals surface area (Å²) >= 11 is 6.94. The first-order valence-corrected chi connectivity index (χ1v) is 13.3. The predicted octanol–water partition coefficient (Wildman–Crippen LogP) is 8.21. The van der Waals surface area contributed by atoms with Crippen molar-refractivity contribution < 1.29 is 22.3 Å². The molecule has 0 amide bonds. The molecule has 5 aromatic rings. The van der Waals surface area contributed by atoms with E-state index in [9.17, 15) is 22.4 Å². The van der Waals surface area contributed by atoms with Gasteiger partial charge in [0.1, 0.15) is 18.2 Å². The van der Waals surface area contributed by atoms with Gasteiger partial charge in [-0.05, 0) is 91.5 Å². The van der Waals surface area contributed by atoms with Crippen LogP contribution in [0.5, 0.6) is 5.75 Å². The van der Waals surface area contributed by atoms with E-state index in [1.54, 1.807) is 48.5 Å². The number of aromatic nitrogens is 2. The highest BCUT2D eigenvalue weighted by atomic mass is 79.9. The molecule has 5 rings (SSSR count). The summed E-state index contributed by atoms with van der Waals surface area (Å²) in [6, 6.07) is 20.5. The Balaban J connectivity index is 1.52. The first kappa shape index (κ1) is 27.7. The van der Waals surface area contributed by atoms with Gasteiger partial charge in [-0.15, -0.1) is 0 Å². The normalized spacial score (nSPS) is 11.8. The molecule has 0 aliphatic heterocycles. The largest absolute Gasteiger partial charge is 0.487 e. The molecule has 0 saturated carbocycles. The third kappa shape index (κ3) is 6.00. The standard InChI is InChI=1S/C29H17Br2F4N3O2/c30-23-12-18(13-24(31)26(23)40-16-17-8-10-21(32)11-9-17)15-36-38-27(19-4-3-5-20(14-19)29(33,34)35)37-25-7-2-1-6-22(25)28(38)39/h1-15H,16H2. The van der Waals surface area contributed by atoms with Crippen molar-refractivity contribution in [3.05, 3.63) is 127 Å². The number of para-hydroxylation sites is 1. The molecule has 0 radical (unpaired) electrons. The van der Waals surface area contributed by atoms with E-state index in [-0.39, 0.29) is 29.2 Å². The Bertz CT molecular complexity index is 1780. The second-order valence-electron chi connectivity index (χ2n) is 8.62. The quantitative estimate of drug-likeness (QED) is 0.135. The van der Waals surface area contributed by atoms with Crippen molar-refractivity contribution in [1.29, 1.82) is 0 Å². The van der Waals surface area contributed by atoms with Crippen molar-refractivity contribution in [2.75, 3.05) is 0 Å². The van der Waals surface area contributed by atoms with Crippen LogP contribution in [0.3, 0.4) is 0 Å². The average Bonchev–Trinajstić information content (AvgIpc) is 2.92. The van der Waals surface area contributed by atoms with Crippen molar-refractivity contribution in [3.63, 3.8) is 0 Å². The predicted molar refractivity (Wildman–Crippen MR) is 152 cm³/mol. The maximum Gasteiger partial charge on any atom is 0.416 e. The van der Waals surface area contributed by atoms with Gasteiger partial charge < -0.3 is 4.74 Å². The highest BCUT2D eigenvalue weighted by Crippen LogP contribution is 2.35. The summed E-state index contributed by atoms with van der Waals surface area (Å²) in [6.07, 6.45) is -3.17. The highest BCUT2D eigenvalue weighted by Gasteiger charge is 2.31. The van der Waals surface area contributed by atoms with E-state index >= 15 is 0 Å². The summed E-state index contributed by atoms with van der Waals surface area (Å²) in [5, 5.41) is 4.59. The summed E-state index contributed by atoms with van der Waals surface area (Å²) in [5.41, 5.74) is 0.346. The molecule has 0 N–H and O–H groups in total. The van der Waals surface area contributed by atoms with Crippen LogP contribution < -0.4 is 10.3 Å². The fraction of sp³-hybridized carbons (Fsp3) is 0.0690. The lowest BCUT2D eigenvalue weighted by Crippen LogP contribution is -2.20. The van der Waals surface area contributed by atoms with Gasteiger partial charge in [-0.25, -0.2) is 9.37 Å². The molecular weight excluding hydrogens is 658 g/mol. The van der Waals surface area contributed by atoms with Crippen LogP contribution in [0.4, 0.5) is 17.6 Å². The van der Waals surface area contributed by atoms with Crippen LogP contribution in [0.1, 0.15) is 16.7 Å². The Morgan fingerprint density at radius 1 is 0.925 bits per heavy atom. The van der Waals surface area contributed by atoms with E-state index in [4.69, 9.17) is 4.74 Å². The molecule has 0 spiro atoms. The average molecular weight is 675 g/mol. The minimum atomic E-state index is -4.57. The molecule has 0 fully saturated rings. The summed E-state index contributed by atoms with van der Waals surface area (Å²) in [6.45, 7) is 0.198. The molecular formula is C29H17Br2F4N3O2. The molecule has 0 aliphatic carbocycles. The van der Waals surface area contributed by atoms with Crippen molar-refractivity contribution in [2.45, 2.75) is 12.8 Å². The Morgan fingerprint density at radius 2 is 1.62 bits per heavy atom. The monoisotopic (exact) mass is 673 g/mol. The Morgan fingerprint density at radius 3 is 2.33 bits per heavy atom. The second-order valence-corrected chi connectivity index (χ2v) is 10.3. The fourth-order valence-electron chi connectivity index (χ4n) is 3.90. The van der Waals surface area contributed by atoms with Crippen LogP contribution in [-0.2, 0) is 12.8 Å². The number of fused-ring (bicyclic) bond motifs is 1. The Labute approximate surface area is 242 Å². The molecule has 0 aliphatic rings. The Kier molecular flexibility index (Phi) is 7.86. The van der Waals surface area contributed by atoms with Gasteiger partial charge in [0.2, 0.25) is 0 Å². The zero-order valence-corrected chi connectivity index (χ0v) is 23.5. The van der Waals surface area contributed by atoms with Gasteiger partial charge in [0.05, 0.1) is 31.6 Å². The van der Waals surface area contributed by atoms with Crippen molar-refractivity contribution >= 4 is 49.0 Å². The molecule has 11 heteroatoms. The van der Waals surface area contributed by atoms with Gasteiger partial charge >= 0.3 is 6.18 Å². The van der Waals surface area contributed by atoms with E-state index in [1.807, 2.05) is 0 Å². The topological polar surface area (TPSA) is 56.5 Å². The summed E-state index contributed by atoms with van der Waals surface area (Å²) < 4.78 is 61.4. The fourth-order valence-corrected chi connectivity index (χ4v) is 5.36. The van der Waals surface area contributed by atoms with Crippen LogP contribution in [0.25, 0.3) is 22.3 Å². The molecule has 0 atom stereocenters. The van der Waals surface area contributed by atoms with E-state index in [0.29, 0.717) is 25.8 Å². The smallest absolute Gasteiger partial charge is 0.416 e. The van der Waals surface area contributed by atoms with E-state index in [0.717, 1.165) is 22.4 Å². The van der Waals surface area contributed by atoms with Gasteiger partial charge in [0.25, 0.3) is 5.56 Å². The van der Waals surface area contributed by atoms with Crippen LogP contribution >= 0.6 is 31.9 Å². The lowest BCUT2D eigenvalue weighted by atomic mass is 10.1. The zero-order chi connectivity index (χ0) is 28.4. The molecule has 4 aromatic carbocycles. The summed E-state index contributed by atoms with van der Waals surface area (Å²) in [5.74, 6) is 0.116. The highest BCUT2D eigenvalue weighted by molar-refractivity contribution is 9.11. The van der Waals surface area contributed by atoms with Crippen molar-refractivity contribution in [2.24, 2.45) is 5.10 Å². The van der Waals surface area contributed by atoms with Gasteiger partial charge in [0.15, 0.2) is 5.82 Å². The molecule has 1 heterocycles. The minimum Gasteiger partial charge on any atom is -0.487 e. The maximum absolute atomic E-state index is 13.4. The molecule has 1 aromatic heterocycles. The number of halogens is 6. The number of benzene rings is 4. The first-order valence-electron chi connectivity index (χ1n) is 11.7. The summed E-state index contributed by atoms with van der Waals surface area (Å²) in [7, 11) is 0. The van der Waals surface area contributed by atoms with Crippen LogP contribution in [0, 0.1) is 5.82 Å². The molecule has 0 unspecified atom stereocenters. The zero-order valence-electron chi connectivity index (χ0n) is 20.3.